The van der Waals surface area contributed by atoms with Crippen LogP contribution in [0.4, 0.5) is 5.69 Å². The normalized spacial score (nSPS) is 12.0. The number of ether oxygens (including phenoxy) is 1. The monoisotopic (exact) mass is 529 g/mol. The quantitative estimate of drug-likeness (QED) is 0.229. The average Bonchev–Trinajstić information content (AvgIpc) is 3.46. The standard InChI is InChI=1S/C28H27N5O2S2/c1-17-6-5-7-22(14-17)35-19(3)26-31-32-28(33(26)4)36-16-25(34)29-21-11-9-20(10-12-21)27-30-23-13-8-18(2)15-24(23)37-27/h5-15,19H,16H2,1-4H3,(H,29,34). The van der Waals surface area contributed by atoms with Crippen LogP contribution in [0.2, 0.25) is 0 Å². The fourth-order valence-electron chi connectivity index (χ4n) is 3.93. The highest BCUT2D eigenvalue weighted by Crippen LogP contribution is 2.31. The molecule has 0 aliphatic heterocycles. The maximum absolute atomic E-state index is 12.6. The number of aromatic nitrogens is 4. The van der Waals surface area contributed by atoms with E-state index in [1.165, 1.54) is 22.0 Å². The molecule has 0 saturated carbocycles. The van der Waals surface area contributed by atoms with Crippen LogP contribution in [0.5, 0.6) is 5.75 Å². The lowest BCUT2D eigenvalue weighted by atomic mass is 10.2. The highest BCUT2D eigenvalue weighted by Gasteiger charge is 2.18. The summed E-state index contributed by atoms with van der Waals surface area (Å²) < 4.78 is 9.07. The number of amides is 1. The number of carbonyl (C=O) groups is 1. The van der Waals surface area contributed by atoms with Crippen molar-refractivity contribution in [2.24, 2.45) is 7.05 Å². The minimum atomic E-state index is -0.277. The summed E-state index contributed by atoms with van der Waals surface area (Å²) in [5.41, 5.74) is 5.13. The van der Waals surface area contributed by atoms with Gasteiger partial charge < -0.3 is 14.6 Å². The third kappa shape index (κ3) is 5.84. The zero-order chi connectivity index (χ0) is 25.9. The first kappa shape index (κ1) is 25.0. The Kier molecular flexibility index (Phi) is 7.25. The Balaban J connectivity index is 1.17. The molecule has 2 heterocycles. The van der Waals surface area contributed by atoms with Crippen molar-refractivity contribution < 1.29 is 9.53 Å². The largest absolute Gasteiger partial charge is 0.483 e. The molecule has 5 aromatic rings. The zero-order valence-corrected chi connectivity index (χ0v) is 22.7. The second kappa shape index (κ2) is 10.7. The highest BCUT2D eigenvalue weighted by atomic mass is 32.2. The summed E-state index contributed by atoms with van der Waals surface area (Å²) in [6.07, 6.45) is -0.277. The van der Waals surface area contributed by atoms with E-state index in [1.54, 1.807) is 11.3 Å². The third-order valence-corrected chi connectivity index (χ3v) is 7.91. The van der Waals surface area contributed by atoms with E-state index >= 15 is 0 Å². The molecule has 1 amide bonds. The predicted octanol–water partition coefficient (Wildman–Crippen LogP) is 6.58. The molecule has 7 nitrogen and oxygen atoms in total. The number of rotatable bonds is 8. The van der Waals surface area contributed by atoms with E-state index in [0.29, 0.717) is 11.0 Å². The number of nitrogens with one attached hydrogen (secondary N) is 1. The van der Waals surface area contributed by atoms with Crippen LogP contribution in [0.15, 0.2) is 71.9 Å². The summed E-state index contributed by atoms with van der Waals surface area (Å²) in [7, 11) is 1.88. The molecule has 9 heteroatoms. The molecule has 188 valence electrons. The van der Waals surface area contributed by atoms with Gasteiger partial charge >= 0.3 is 0 Å². The van der Waals surface area contributed by atoms with Gasteiger partial charge in [-0.2, -0.15) is 0 Å². The van der Waals surface area contributed by atoms with Gasteiger partial charge in [-0.15, -0.1) is 21.5 Å². The molecule has 0 bridgehead atoms. The van der Waals surface area contributed by atoms with Crippen LogP contribution >= 0.6 is 23.1 Å². The number of thiazole rings is 1. The van der Waals surface area contributed by atoms with Crippen LogP contribution in [-0.4, -0.2) is 31.4 Å². The number of thioether (sulfide) groups is 1. The number of anilines is 1. The Morgan fingerprint density at radius 2 is 1.84 bits per heavy atom. The fourth-order valence-corrected chi connectivity index (χ4v) is 5.72. The number of carbonyl (C=O) groups excluding carboxylic acids is 1. The van der Waals surface area contributed by atoms with Crippen molar-refractivity contribution in [3.8, 4) is 16.3 Å². The second-order valence-electron chi connectivity index (χ2n) is 8.88. The molecule has 1 unspecified atom stereocenters. The van der Waals surface area contributed by atoms with Gasteiger partial charge in [0.2, 0.25) is 5.91 Å². The van der Waals surface area contributed by atoms with Crippen molar-refractivity contribution in [1.29, 1.82) is 0 Å². The van der Waals surface area contributed by atoms with Gasteiger partial charge in [-0.25, -0.2) is 4.98 Å². The zero-order valence-electron chi connectivity index (χ0n) is 21.1. The lowest BCUT2D eigenvalue weighted by Crippen LogP contribution is -2.14. The summed E-state index contributed by atoms with van der Waals surface area (Å²) >= 11 is 3.01. The number of nitrogens with zero attached hydrogens (tertiary/aromatic N) is 4. The van der Waals surface area contributed by atoms with Gasteiger partial charge in [0.25, 0.3) is 0 Å². The summed E-state index contributed by atoms with van der Waals surface area (Å²) in [5.74, 6) is 1.60. The lowest BCUT2D eigenvalue weighted by molar-refractivity contribution is -0.113. The number of fused-ring (bicyclic) bond motifs is 1. The number of hydrogen-bond acceptors (Lipinski definition) is 7. The van der Waals surface area contributed by atoms with Crippen molar-refractivity contribution in [2.75, 3.05) is 11.1 Å². The van der Waals surface area contributed by atoms with E-state index < -0.39 is 0 Å². The first-order valence-corrected chi connectivity index (χ1v) is 13.7. The maximum atomic E-state index is 12.6. The fraction of sp³-hybridized carbons (Fsp3) is 0.214. The second-order valence-corrected chi connectivity index (χ2v) is 10.9. The Labute approximate surface area is 223 Å². The number of hydrogen-bond donors (Lipinski definition) is 1. The van der Waals surface area contributed by atoms with Gasteiger partial charge in [-0.3, -0.25) is 4.79 Å². The van der Waals surface area contributed by atoms with Gasteiger partial charge in [-0.1, -0.05) is 30.0 Å². The first-order valence-electron chi connectivity index (χ1n) is 11.9. The van der Waals surface area contributed by atoms with Crippen LogP contribution in [0, 0.1) is 13.8 Å². The summed E-state index contributed by atoms with van der Waals surface area (Å²) in [6, 6.07) is 21.9. The molecule has 0 aliphatic rings. The maximum Gasteiger partial charge on any atom is 0.234 e. The van der Waals surface area contributed by atoms with E-state index in [0.717, 1.165) is 33.1 Å². The van der Waals surface area contributed by atoms with E-state index in [4.69, 9.17) is 9.72 Å². The molecule has 0 radical (unpaired) electrons. The van der Waals surface area contributed by atoms with E-state index in [-0.39, 0.29) is 17.8 Å². The van der Waals surface area contributed by atoms with Crippen LogP contribution in [-0.2, 0) is 11.8 Å². The van der Waals surface area contributed by atoms with Crippen LogP contribution in [0.25, 0.3) is 20.8 Å². The van der Waals surface area contributed by atoms with Crippen LogP contribution in [0.1, 0.15) is 30.0 Å². The predicted molar refractivity (Wildman–Crippen MR) is 150 cm³/mol. The SMILES string of the molecule is Cc1cccc(OC(C)c2nnc(SCC(=O)Nc3ccc(-c4nc5ccc(C)cc5s4)cc3)n2C)c1. The molecule has 0 fully saturated rings. The molecule has 1 N–H and O–H groups in total. The lowest BCUT2D eigenvalue weighted by Gasteiger charge is -2.14. The topological polar surface area (TPSA) is 81.9 Å². The minimum Gasteiger partial charge on any atom is -0.483 e. The van der Waals surface area contributed by atoms with Crippen molar-refractivity contribution in [3.63, 3.8) is 0 Å². The molecule has 37 heavy (non-hydrogen) atoms. The van der Waals surface area contributed by atoms with Gasteiger partial charge in [-0.05, 0) is 80.4 Å². The highest BCUT2D eigenvalue weighted by molar-refractivity contribution is 7.99. The van der Waals surface area contributed by atoms with Crippen molar-refractivity contribution in [1.82, 2.24) is 19.7 Å². The van der Waals surface area contributed by atoms with Gasteiger partial charge in [0.1, 0.15) is 10.8 Å². The molecule has 1 atom stereocenters. The minimum absolute atomic E-state index is 0.109. The molecule has 0 aliphatic carbocycles. The summed E-state index contributed by atoms with van der Waals surface area (Å²) in [6.45, 7) is 6.05. The van der Waals surface area contributed by atoms with Crippen LogP contribution < -0.4 is 10.1 Å². The van der Waals surface area contributed by atoms with Crippen molar-refractivity contribution in [2.45, 2.75) is 32.0 Å². The van der Waals surface area contributed by atoms with E-state index in [1.807, 2.05) is 74.0 Å². The molecular weight excluding hydrogens is 502 g/mol. The molecule has 0 saturated heterocycles. The Morgan fingerprint density at radius 3 is 2.62 bits per heavy atom. The van der Waals surface area contributed by atoms with Gasteiger partial charge in [0.05, 0.1) is 16.0 Å². The summed E-state index contributed by atoms with van der Waals surface area (Å²) in [5, 5.41) is 13.1. The van der Waals surface area contributed by atoms with Crippen molar-refractivity contribution >= 4 is 44.9 Å². The molecule has 0 spiro atoms. The van der Waals surface area contributed by atoms with Crippen LogP contribution in [0.3, 0.4) is 0 Å². The molecule has 5 rings (SSSR count). The average molecular weight is 530 g/mol. The molecular formula is C28H27N5O2S2. The molecule has 2 aromatic heterocycles. The number of aryl methyl sites for hydroxylation is 2. The van der Waals surface area contributed by atoms with E-state index in [2.05, 4.69) is 40.6 Å². The Bertz CT molecular complexity index is 1560. The Morgan fingerprint density at radius 1 is 1.05 bits per heavy atom. The first-order chi connectivity index (χ1) is 17.9. The molecule has 3 aromatic carbocycles. The number of benzene rings is 3. The van der Waals surface area contributed by atoms with Gasteiger partial charge in [0.15, 0.2) is 17.1 Å². The smallest absolute Gasteiger partial charge is 0.234 e. The van der Waals surface area contributed by atoms with E-state index in [9.17, 15) is 4.79 Å². The van der Waals surface area contributed by atoms with Crippen molar-refractivity contribution in [3.05, 3.63) is 83.7 Å². The summed E-state index contributed by atoms with van der Waals surface area (Å²) in [4.78, 5) is 17.3. The van der Waals surface area contributed by atoms with Gasteiger partial charge in [0, 0.05) is 18.3 Å². The third-order valence-electron chi connectivity index (χ3n) is 5.83. The Hall–Kier alpha value is -3.69.